The average Bonchev–Trinajstić information content (AvgIpc) is 2.42. The summed E-state index contributed by atoms with van der Waals surface area (Å²) in [6.45, 7) is 1.85. The molecule has 0 fully saturated rings. The van der Waals surface area contributed by atoms with Gasteiger partial charge in [-0.15, -0.1) is 0 Å². The largest absolute Gasteiger partial charge is 0.226 e. The van der Waals surface area contributed by atoms with Crippen LogP contribution in [0.15, 0.2) is 30.3 Å². The first-order valence-corrected chi connectivity index (χ1v) is 6.81. The minimum atomic E-state index is -0.755. The van der Waals surface area contributed by atoms with E-state index in [2.05, 4.69) is 9.97 Å². The van der Waals surface area contributed by atoms with Gasteiger partial charge in [-0.3, -0.25) is 0 Å². The lowest BCUT2D eigenvalue weighted by atomic mass is 10.1. The second-order valence-corrected chi connectivity index (χ2v) is 5.32. The normalized spacial score (nSPS) is 11.1. The molecule has 106 valence electrons. The van der Waals surface area contributed by atoms with Gasteiger partial charge in [0.25, 0.3) is 0 Å². The molecule has 3 aromatic rings. The Balaban J connectivity index is 2.33. The monoisotopic (exact) mass is 324 g/mol. The molecule has 0 radical (unpaired) electrons. The summed E-state index contributed by atoms with van der Waals surface area (Å²) in [5.41, 5.74) is 1.37. The molecule has 21 heavy (non-hydrogen) atoms. The number of aromatic nitrogens is 2. The number of hydrogen-bond donors (Lipinski definition) is 0. The maximum Gasteiger partial charge on any atom is 0.164 e. The molecule has 0 N–H and O–H groups in total. The van der Waals surface area contributed by atoms with Crippen molar-refractivity contribution in [3.8, 4) is 11.4 Å². The van der Waals surface area contributed by atoms with Crippen LogP contribution in [0.4, 0.5) is 8.78 Å². The van der Waals surface area contributed by atoms with E-state index < -0.39 is 11.6 Å². The zero-order valence-electron chi connectivity index (χ0n) is 10.8. The van der Waals surface area contributed by atoms with E-state index in [4.69, 9.17) is 23.2 Å². The number of rotatable bonds is 1. The molecule has 0 aliphatic carbocycles. The van der Waals surface area contributed by atoms with E-state index in [-0.39, 0.29) is 16.5 Å². The smallest absolute Gasteiger partial charge is 0.164 e. The highest BCUT2D eigenvalue weighted by Gasteiger charge is 2.15. The first-order chi connectivity index (χ1) is 9.97. The molecule has 0 atom stereocenters. The van der Waals surface area contributed by atoms with Gasteiger partial charge in [0.2, 0.25) is 0 Å². The van der Waals surface area contributed by atoms with Gasteiger partial charge in [-0.05, 0) is 30.7 Å². The Bertz CT molecular complexity index is 866. The molecule has 2 nitrogen and oxygen atoms in total. The highest BCUT2D eigenvalue weighted by atomic mass is 35.5. The molecule has 0 saturated carbocycles. The minimum absolute atomic E-state index is 0.0671. The summed E-state index contributed by atoms with van der Waals surface area (Å²) in [6.07, 6.45) is 0. The summed E-state index contributed by atoms with van der Waals surface area (Å²) in [4.78, 5) is 8.36. The van der Waals surface area contributed by atoms with Crippen molar-refractivity contribution in [3.05, 3.63) is 57.7 Å². The van der Waals surface area contributed by atoms with E-state index >= 15 is 0 Å². The maximum absolute atomic E-state index is 13.9. The van der Waals surface area contributed by atoms with E-state index in [1.54, 1.807) is 12.1 Å². The first-order valence-electron chi connectivity index (χ1n) is 6.05. The summed E-state index contributed by atoms with van der Waals surface area (Å²) in [6, 6.07) is 6.67. The van der Waals surface area contributed by atoms with Crippen LogP contribution in [-0.2, 0) is 0 Å². The van der Waals surface area contributed by atoms with Gasteiger partial charge < -0.3 is 0 Å². The van der Waals surface area contributed by atoms with E-state index in [1.165, 1.54) is 6.07 Å². The molecule has 0 aliphatic heterocycles. The molecule has 2 aromatic carbocycles. The Kier molecular flexibility index (Phi) is 3.51. The Morgan fingerprint density at radius 2 is 1.76 bits per heavy atom. The van der Waals surface area contributed by atoms with E-state index in [9.17, 15) is 8.78 Å². The molecule has 0 aliphatic rings. The molecule has 6 heteroatoms. The highest BCUT2D eigenvalue weighted by molar-refractivity contribution is 6.38. The standard InChI is InChI=1S/C15H8Cl2F2N2/c1-7-2-5-10(16)13-12(7)14(17)21-15(20-13)9-4-3-8(18)6-11(9)19/h2-6H,1H3. The molecule has 0 amide bonds. The molecule has 0 bridgehead atoms. The SMILES string of the molecule is Cc1ccc(Cl)c2nc(-c3ccc(F)cc3F)nc(Cl)c12. The number of aryl methyl sites for hydroxylation is 1. The summed E-state index contributed by atoms with van der Waals surface area (Å²) in [5, 5.41) is 1.19. The van der Waals surface area contributed by atoms with Crippen molar-refractivity contribution in [2.75, 3.05) is 0 Å². The third-order valence-corrected chi connectivity index (χ3v) is 3.72. The van der Waals surface area contributed by atoms with Gasteiger partial charge in [-0.1, -0.05) is 29.3 Å². The zero-order valence-corrected chi connectivity index (χ0v) is 12.3. The molecular weight excluding hydrogens is 317 g/mol. The third-order valence-electron chi connectivity index (χ3n) is 3.14. The molecule has 3 rings (SSSR count). The Labute approximate surface area is 129 Å². The van der Waals surface area contributed by atoms with E-state index in [1.807, 2.05) is 6.92 Å². The van der Waals surface area contributed by atoms with E-state index in [0.717, 1.165) is 17.7 Å². The van der Waals surface area contributed by atoms with Crippen LogP contribution in [-0.4, -0.2) is 9.97 Å². The lowest BCUT2D eigenvalue weighted by molar-refractivity contribution is 0.585. The molecule has 0 unspecified atom stereocenters. The number of halogens is 4. The molecule has 0 spiro atoms. The van der Waals surface area contributed by atoms with Crippen LogP contribution < -0.4 is 0 Å². The lowest BCUT2D eigenvalue weighted by Gasteiger charge is -2.08. The zero-order chi connectivity index (χ0) is 15.1. The fourth-order valence-electron chi connectivity index (χ4n) is 2.11. The van der Waals surface area contributed by atoms with Gasteiger partial charge in [0.05, 0.1) is 16.1 Å². The number of nitrogens with zero attached hydrogens (tertiary/aromatic N) is 2. The lowest BCUT2D eigenvalue weighted by Crippen LogP contribution is -1.96. The number of benzene rings is 2. The van der Waals surface area contributed by atoms with Crippen molar-refractivity contribution in [1.82, 2.24) is 9.97 Å². The van der Waals surface area contributed by atoms with Crippen LogP contribution in [0.5, 0.6) is 0 Å². The van der Waals surface area contributed by atoms with Gasteiger partial charge in [0.1, 0.15) is 16.8 Å². The third kappa shape index (κ3) is 2.45. The number of fused-ring (bicyclic) bond motifs is 1. The minimum Gasteiger partial charge on any atom is -0.226 e. The van der Waals surface area contributed by atoms with Crippen molar-refractivity contribution in [2.45, 2.75) is 6.92 Å². The maximum atomic E-state index is 13.9. The van der Waals surface area contributed by atoms with Gasteiger partial charge >= 0.3 is 0 Å². The van der Waals surface area contributed by atoms with Crippen molar-refractivity contribution in [3.63, 3.8) is 0 Å². The quantitative estimate of drug-likeness (QED) is 0.575. The topological polar surface area (TPSA) is 25.8 Å². The van der Waals surface area contributed by atoms with Gasteiger partial charge in [-0.2, -0.15) is 0 Å². The fraction of sp³-hybridized carbons (Fsp3) is 0.0667. The molecule has 0 saturated heterocycles. The van der Waals surface area contributed by atoms with Crippen LogP contribution >= 0.6 is 23.2 Å². The Morgan fingerprint density at radius 3 is 2.48 bits per heavy atom. The van der Waals surface area contributed by atoms with E-state index in [0.29, 0.717) is 15.9 Å². The van der Waals surface area contributed by atoms with Crippen LogP contribution in [0, 0.1) is 18.6 Å². The summed E-state index contributed by atoms with van der Waals surface area (Å²) >= 11 is 12.3. The summed E-state index contributed by atoms with van der Waals surface area (Å²) < 4.78 is 26.8. The van der Waals surface area contributed by atoms with Crippen LogP contribution in [0.25, 0.3) is 22.3 Å². The van der Waals surface area contributed by atoms with Crippen molar-refractivity contribution in [2.24, 2.45) is 0 Å². The predicted octanol–water partition coefficient (Wildman–Crippen LogP) is 5.19. The predicted molar refractivity (Wildman–Crippen MR) is 79.6 cm³/mol. The fourth-order valence-corrected chi connectivity index (χ4v) is 2.63. The van der Waals surface area contributed by atoms with Crippen molar-refractivity contribution < 1.29 is 8.78 Å². The molecular formula is C15H8Cl2F2N2. The average molecular weight is 325 g/mol. The first kappa shape index (κ1) is 14.2. The van der Waals surface area contributed by atoms with Crippen molar-refractivity contribution >= 4 is 34.1 Å². The second-order valence-electron chi connectivity index (χ2n) is 4.55. The van der Waals surface area contributed by atoms with Gasteiger partial charge in [0, 0.05) is 11.5 Å². The molecule has 1 heterocycles. The van der Waals surface area contributed by atoms with Crippen LogP contribution in [0.3, 0.4) is 0 Å². The highest BCUT2D eigenvalue weighted by Crippen LogP contribution is 2.32. The number of hydrogen-bond acceptors (Lipinski definition) is 2. The Morgan fingerprint density at radius 1 is 1.00 bits per heavy atom. The Hall–Kier alpha value is -1.78. The summed E-state index contributed by atoms with van der Waals surface area (Å²) in [7, 11) is 0. The van der Waals surface area contributed by atoms with Crippen LogP contribution in [0.2, 0.25) is 10.2 Å². The molecule has 1 aromatic heterocycles. The second kappa shape index (κ2) is 5.20. The van der Waals surface area contributed by atoms with Gasteiger partial charge in [0.15, 0.2) is 5.82 Å². The van der Waals surface area contributed by atoms with Crippen LogP contribution in [0.1, 0.15) is 5.56 Å². The van der Waals surface area contributed by atoms with Crippen molar-refractivity contribution in [1.29, 1.82) is 0 Å². The van der Waals surface area contributed by atoms with Gasteiger partial charge in [-0.25, -0.2) is 18.7 Å². The summed E-state index contributed by atoms with van der Waals surface area (Å²) in [5.74, 6) is -1.36.